The van der Waals surface area contributed by atoms with Crippen molar-refractivity contribution in [2.45, 2.75) is 78.1 Å². The fourth-order valence-electron chi connectivity index (χ4n) is 3.51. The predicted molar refractivity (Wildman–Crippen MR) is 127 cm³/mol. The van der Waals surface area contributed by atoms with Crippen molar-refractivity contribution in [1.29, 1.82) is 0 Å². The first-order valence-corrected chi connectivity index (χ1v) is 11.4. The summed E-state index contributed by atoms with van der Waals surface area (Å²) >= 11 is 0. The summed E-state index contributed by atoms with van der Waals surface area (Å²) in [6.07, 6.45) is 9.56. The molecule has 0 aromatic heterocycles. The predicted octanol–water partition coefficient (Wildman–Crippen LogP) is 4.08. The molecule has 33 heavy (non-hydrogen) atoms. The van der Waals surface area contributed by atoms with E-state index in [0.717, 1.165) is 51.4 Å². The first-order chi connectivity index (χ1) is 15.3. The SMILES string of the molecule is CCCCCCc1c(O)cccc1C(=O)O.CCCCCCc1c([O-])cccc1C(=O)[O-].[Ca+2]. The second-order valence-electron chi connectivity index (χ2n) is 7.80. The van der Waals surface area contributed by atoms with E-state index in [1.807, 2.05) is 0 Å². The minimum atomic E-state index is -1.26. The minimum absolute atomic E-state index is 0. The summed E-state index contributed by atoms with van der Waals surface area (Å²) < 4.78 is 0. The van der Waals surface area contributed by atoms with Crippen LogP contribution in [0.25, 0.3) is 0 Å². The first-order valence-electron chi connectivity index (χ1n) is 11.4. The summed E-state index contributed by atoms with van der Waals surface area (Å²) in [6.45, 7) is 4.23. The quantitative estimate of drug-likeness (QED) is 0.347. The Bertz CT molecular complexity index is 794. The molecule has 0 aliphatic heterocycles. The van der Waals surface area contributed by atoms with Crippen molar-refractivity contribution < 1.29 is 30.0 Å². The summed E-state index contributed by atoms with van der Waals surface area (Å²) in [4.78, 5) is 21.8. The number of carboxylic acids is 2. The third-order valence-corrected chi connectivity index (χ3v) is 5.30. The van der Waals surface area contributed by atoms with Crippen LogP contribution in [0.15, 0.2) is 36.4 Å². The van der Waals surface area contributed by atoms with Crippen LogP contribution in [0.3, 0.4) is 0 Å². The van der Waals surface area contributed by atoms with Gasteiger partial charge in [-0.2, -0.15) is 0 Å². The molecular formula is C26H34CaO6. The maximum Gasteiger partial charge on any atom is 2.00 e. The Kier molecular flexibility index (Phi) is 16.7. The second kappa shape index (κ2) is 17.7. The molecule has 2 rings (SSSR count). The number of hydrogen-bond acceptors (Lipinski definition) is 5. The van der Waals surface area contributed by atoms with Crippen molar-refractivity contribution in [3.8, 4) is 11.5 Å². The van der Waals surface area contributed by atoms with Crippen LogP contribution in [-0.4, -0.2) is 59.9 Å². The molecule has 0 radical (unpaired) electrons. The van der Waals surface area contributed by atoms with E-state index in [4.69, 9.17) is 5.11 Å². The van der Waals surface area contributed by atoms with E-state index in [-0.39, 0.29) is 60.4 Å². The molecule has 2 N–H and O–H groups in total. The van der Waals surface area contributed by atoms with Gasteiger partial charge >= 0.3 is 43.7 Å². The molecule has 0 saturated carbocycles. The van der Waals surface area contributed by atoms with Crippen molar-refractivity contribution in [2.24, 2.45) is 0 Å². The van der Waals surface area contributed by atoms with E-state index < -0.39 is 11.9 Å². The van der Waals surface area contributed by atoms with E-state index in [2.05, 4.69) is 13.8 Å². The fourth-order valence-corrected chi connectivity index (χ4v) is 3.51. The van der Waals surface area contributed by atoms with Crippen molar-refractivity contribution in [2.75, 3.05) is 0 Å². The molecule has 0 aliphatic carbocycles. The summed E-state index contributed by atoms with van der Waals surface area (Å²) in [6, 6.07) is 8.95. The zero-order chi connectivity index (χ0) is 23.9. The van der Waals surface area contributed by atoms with Gasteiger partial charge in [0.15, 0.2) is 0 Å². The second-order valence-corrected chi connectivity index (χ2v) is 7.80. The molecule has 0 atom stereocenters. The maximum atomic E-state index is 11.5. The number of carbonyl (C=O) groups is 2. The molecule has 0 amide bonds. The van der Waals surface area contributed by atoms with Gasteiger partial charge in [0.1, 0.15) is 5.75 Å². The molecule has 0 heterocycles. The summed E-state index contributed by atoms with van der Waals surface area (Å²) in [5.74, 6) is -2.33. The molecular weight excluding hydrogens is 448 g/mol. The molecule has 176 valence electrons. The van der Waals surface area contributed by atoms with Gasteiger partial charge in [0.05, 0.1) is 11.5 Å². The zero-order valence-electron chi connectivity index (χ0n) is 19.8. The Labute approximate surface area is 226 Å². The van der Waals surface area contributed by atoms with Crippen LogP contribution in [0.2, 0.25) is 0 Å². The van der Waals surface area contributed by atoms with E-state index in [1.165, 1.54) is 24.3 Å². The van der Waals surface area contributed by atoms with Crippen LogP contribution in [-0.2, 0) is 12.8 Å². The van der Waals surface area contributed by atoms with Crippen molar-refractivity contribution in [1.82, 2.24) is 0 Å². The van der Waals surface area contributed by atoms with Gasteiger partial charge in [-0.3, -0.25) is 0 Å². The van der Waals surface area contributed by atoms with Crippen LogP contribution in [0.5, 0.6) is 11.5 Å². The van der Waals surface area contributed by atoms with Crippen molar-refractivity contribution in [3.63, 3.8) is 0 Å². The number of aromatic hydroxyl groups is 1. The molecule has 2 aromatic rings. The molecule has 0 fully saturated rings. The van der Waals surface area contributed by atoms with Gasteiger partial charge < -0.3 is 25.2 Å². The number of hydrogen-bond donors (Lipinski definition) is 2. The standard InChI is InChI=1S/2C13H18O3.Ca/c2*1-2-3-4-5-7-10-11(13(15)16)8-6-9-12(10)14;/h2*6,8-9,14H,2-5,7H2,1H3,(H,15,16);/q;;+2/p-2. The normalized spacial score (nSPS) is 10.0. The van der Waals surface area contributed by atoms with Gasteiger partial charge in [-0.1, -0.05) is 76.6 Å². The number of benzene rings is 2. The molecule has 0 bridgehead atoms. The van der Waals surface area contributed by atoms with E-state index in [1.54, 1.807) is 12.1 Å². The van der Waals surface area contributed by atoms with Gasteiger partial charge in [0.2, 0.25) is 0 Å². The first kappa shape index (κ1) is 31.2. The Morgan fingerprint density at radius 2 is 1.30 bits per heavy atom. The van der Waals surface area contributed by atoms with Gasteiger partial charge in [-0.25, -0.2) is 4.79 Å². The molecule has 0 unspecified atom stereocenters. The molecule has 0 aliphatic rings. The number of carbonyl (C=O) groups excluding carboxylic acids is 1. The molecule has 0 saturated heterocycles. The monoisotopic (exact) mass is 482 g/mol. The third-order valence-electron chi connectivity index (χ3n) is 5.30. The summed E-state index contributed by atoms with van der Waals surface area (Å²) in [7, 11) is 0. The number of carboxylic acid groups (broad SMARTS) is 2. The van der Waals surface area contributed by atoms with E-state index in [0.29, 0.717) is 24.0 Å². The molecule has 6 nitrogen and oxygen atoms in total. The van der Waals surface area contributed by atoms with Gasteiger partial charge in [0.25, 0.3) is 0 Å². The van der Waals surface area contributed by atoms with E-state index in [9.17, 15) is 24.9 Å². The fraction of sp³-hybridized carbons (Fsp3) is 0.462. The Hall–Kier alpha value is -1.76. The summed E-state index contributed by atoms with van der Waals surface area (Å²) in [5, 5.41) is 40.9. The number of unbranched alkanes of at least 4 members (excludes halogenated alkanes) is 6. The van der Waals surface area contributed by atoms with Crippen LogP contribution in [0.1, 0.15) is 97.1 Å². The van der Waals surface area contributed by atoms with Crippen molar-refractivity contribution >= 4 is 49.7 Å². The average molecular weight is 483 g/mol. The van der Waals surface area contributed by atoms with Crippen molar-refractivity contribution in [3.05, 3.63) is 58.7 Å². The number of aromatic carboxylic acids is 2. The maximum absolute atomic E-state index is 11.5. The van der Waals surface area contributed by atoms with Gasteiger partial charge in [-0.05, 0) is 48.9 Å². The zero-order valence-corrected chi connectivity index (χ0v) is 22.0. The Morgan fingerprint density at radius 3 is 1.82 bits per heavy atom. The van der Waals surface area contributed by atoms with Crippen LogP contribution < -0.4 is 10.2 Å². The van der Waals surface area contributed by atoms with Gasteiger partial charge in [0, 0.05) is 5.56 Å². The van der Waals surface area contributed by atoms with Crippen LogP contribution in [0.4, 0.5) is 0 Å². The Morgan fingerprint density at radius 1 is 0.788 bits per heavy atom. The number of phenols is 1. The van der Waals surface area contributed by atoms with Gasteiger partial charge in [-0.15, -0.1) is 5.75 Å². The topological polar surface area (TPSA) is 121 Å². The molecule has 0 spiro atoms. The minimum Gasteiger partial charge on any atom is -0.872 e. The number of phenolic OH excluding ortho intramolecular Hbond substituents is 1. The third kappa shape index (κ3) is 11.3. The summed E-state index contributed by atoms with van der Waals surface area (Å²) in [5.41, 5.74) is 1.21. The number of rotatable bonds is 12. The smallest absolute Gasteiger partial charge is 0.872 e. The van der Waals surface area contributed by atoms with Crippen LogP contribution >= 0.6 is 0 Å². The molecule has 2 aromatic carbocycles. The van der Waals surface area contributed by atoms with E-state index >= 15 is 0 Å². The largest absolute Gasteiger partial charge is 2.00 e. The van der Waals surface area contributed by atoms with Crippen LogP contribution in [0, 0.1) is 0 Å². The molecule has 7 heteroatoms. The average Bonchev–Trinajstić information content (AvgIpc) is 2.76. The Balaban J connectivity index is 0.000000602.